The number of hydrogen-bond acceptors (Lipinski definition) is 4. The molecule has 60 valence electrons. The van der Waals surface area contributed by atoms with E-state index in [2.05, 4.69) is 0 Å². The van der Waals surface area contributed by atoms with Crippen LogP contribution >= 0.6 is 0 Å². The molecule has 0 fully saturated rings. The van der Waals surface area contributed by atoms with Crippen LogP contribution in [0.5, 0.6) is 0 Å². The van der Waals surface area contributed by atoms with Crippen molar-refractivity contribution in [3.05, 3.63) is 0 Å². The third-order valence-electron chi connectivity index (χ3n) is 0.704. The second-order valence-corrected chi connectivity index (χ2v) is 1.52. The van der Waals surface area contributed by atoms with Gasteiger partial charge in [0, 0.05) is 12.4 Å². The van der Waals surface area contributed by atoms with Gasteiger partial charge in [-0.05, 0) is 0 Å². The third-order valence-corrected chi connectivity index (χ3v) is 0.704. The third kappa shape index (κ3) is 5.01. The normalized spacial score (nSPS) is 11.3. The first kappa shape index (κ1) is 11.6. The lowest BCUT2D eigenvalue weighted by atomic mass is 10.2. The van der Waals surface area contributed by atoms with Crippen molar-refractivity contribution in [3.8, 4) is 0 Å². The topological polar surface area (TPSA) is 140 Å². The molecule has 0 saturated carbocycles. The lowest BCUT2D eigenvalue weighted by molar-refractivity contribution is -0.306. The van der Waals surface area contributed by atoms with Gasteiger partial charge in [0.1, 0.15) is 6.04 Å². The maximum atomic E-state index is 9.82. The van der Waals surface area contributed by atoms with Crippen LogP contribution in [0.1, 0.15) is 6.42 Å². The maximum absolute atomic E-state index is 9.82. The first-order valence-corrected chi connectivity index (χ1v) is 2.22. The summed E-state index contributed by atoms with van der Waals surface area (Å²) in [5.41, 5.74) is 4.80. The average Bonchev–Trinajstić information content (AvgIpc) is 1.63. The molecule has 0 aliphatic rings. The van der Waals surface area contributed by atoms with Gasteiger partial charge in [-0.1, -0.05) is 0 Å². The molecule has 0 amide bonds. The van der Waals surface area contributed by atoms with Crippen LogP contribution in [0, 0.1) is 0 Å². The number of carboxylic acids is 2. The van der Waals surface area contributed by atoms with Gasteiger partial charge < -0.3 is 26.9 Å². The van der Waals surface area contributed by atoms with E-state index >= 15 is 0 Å². The standard InChI is InChI=1S/C4H7NO4.H3N/c5-2(4(8)9)1-3(6)7;/h2H,1,5H2,(H,6,7)(H,8,9);1H3. The van der Waals surface area contributed by atoms with Gasteiger partial charge in [-0.15, -0.1) is 0 Å². The van der Waals surface area contributed by atoms with Gasteiger partial charge in [0.05, 0.1) is 0 Å². The first-order valence-electron chi connectivity index (χ1n) is 2.22. The lowest BCUT2D eigenvalue weighted by Crippen LogP contribution is -2.37. The van der Waals surface area contributed by atoms with E-state index in [1.165, 1.54) is 0 Å². The van der Waals surface area contributed by atoms with Gasteiger partial charge >= 0.3 is 5.97 Å². The van der Waals surface area contributed by atoms with Crippen LogP contribution in [0.25, 0.3) is 0 Å². The Hall–Kier alpha value is -1.14. The number of nitrogens with two attached hydrogens (primary N) is 1. The summed E-state index contributed by atoms with van der Waals surface area (Å²) in [5, 5.41) is 17.7. The second-order valence-electron chi connectivity index (χ2n) is 1.52. The fraction of sp³-hybridized carbons (Fsp3) is 0.500. The highest BCUT2D eigenvalue weighted by Gasteiger charge is 2.10. The second kappa shape index (κ2) is 4.71. The Kier molecular flexibility index (Phi) is 5.48. The Morgan fingerprint density at radius 2 is 2.00 bits per heavy atom. The van der Waals surface area contributed by atoms with E-state index in [1.54, 1.807) is 0 Å². The molecule has 0 radical (unpaired) electrons. The average molecular weight is 150 g/mol. The largest absolute Gasteiger partial charge is 0.550 e. The van der Waals surface area contributed by atoms with Crippen molar-refractivity contribution in [2.75, 3.05) is 0 Å². The summed E-state index contributed by atoms with van der Waals surface area (Å²) >= 11 is 0. The van der Waals surface area contributed by atoms with Crippen LogP contribution < -0.4 is 17.0 Å². The summed E-state index contributed by atoms with van der Waals surface area (Å²) in [5.74, 6) is -2.79. The zero-order valence-electron chi connectivity index (χ0n) is 5.53. The summed E-state index contributed by atoms with van der Waals surface area (Å²) in [6.07, 6.45) is -0.644. The molecule has 0 aliphatic carbocycles. The van der Waals surface area contributed by atoms with E-state index in [0.29, 0.717) is 0 Å². The molecule has 0 rings (SSSR count). The predicted molar refractivity (Wildman–Crippen MR) is 31.2 cm³/mol. The van der Waals surface area contributed by atoms with E-state index in [9.17, 15) is 14.7 Å². The molecule has 6 heteroatoms. The number of hydrogen-bond donors (Lipinski definition) is 3. The fourth-order valence-electron chi connectivity index (χ4n) is 0.267. The molecule has 0 heterocycles. The zero-order valence-corrected chi connectivity index (χ0v) is 5.53. The molecule has 6 nitrogen and oxygen atoms in total. The smallest absolute Gasteiger partial charge is 0.320 e. The van der Waals surface area contributed by atoms with Crippen LogP contribution in [-0.2, 0) is 9.59 Å². The van der Waals surface area contributed by atoms with Crippen molar-refractivity contribution in [2.45, 2.75) is 12.5 Å². The molecule has 10 heavy (non-hydrogen) atoms. The van der Waals surface area contributed by atoms with Crippen molar-refractivity contribution in [2.24, 2.45) is 5.73 Å². The first-order chi connectivity index (χ1) is 4.04. The van der Waals surface area contributed by atoms with Crippen LogP contribution in [0.4, 0.5) is 0 Å². The predicted octanol–water partition coefficient (Wildman–Crippen LogP) is -2.09. The van der Waals surface area contributed by atoms with Crippen molar-refractivity contribution in [3.63, 3.8) is 0 Å². The number of aliphatic carboxylic acids is 2. The molecule has 1 unspecified atom stereocenters. The van der Waals surface area contributed by atoms with Crippen LogP contribution in [-0.4, -0.2) is 23.1 Å². The number of carbonyl (C=O) groups excluding carboxylic acids is 1. The van der Waals surface area contributed by atoms with E-state index in [0.717, 1.165) is 0 Å². The Bertz CT molecular complexity index is 135. The summed E-state index contributed by atoms with van der Waals surface area (Å²) < 4.78 is 0. The number of carboxylic acid groups (broad SMARTS) is 2. The Balaban J connectivity index is 0. The molecular weight excluding hydrogens is 140 g/mol. The molecule has 1 atom stereocenters. The zero-order chi connectivity index (χ0) is 7.44. The summed E-state index contributed by atoms with van der Waals surface area (Å²) in [6, 6.07) is -1.35. The van der Waals surface area contributed by atoms with Gasteiger partial charge in [0.15, 0.2) is 0 Å². The molecule has 0 bridgehead atoms. The lowest BCUT2D eigenvalue weighted by Gasteiger charge is -2.04. The minimum atomic E-state index is -1.45. The Labute approximate surface area is 57.2 Å². The van der Waals surface area contributed by atoms with Gasteiger partial charge in [-0.3, -0.25) is 4.79 Å². The summed E-state index contributed by atoms with van der Waals surface area (Å²) in [7, 11) is 0. The van der Waals surface area contributed by atoms with Crippen molar-refractivity contribution in [1.82, 2.24) is 6.15 Å². The highest BCUT2D eigenvalue weighted by molar-refractivity contribution is 5.79. The molecule has 0 aromatic rings. The molecule has 0 spiro atoms. The summed E-state index contributed by atoms with van der Waals surface area (Å²) in [6.45, 7) is 0. The number of carbonyl (C=O) groups is 2. The van der Waals surface area contributed by atoms with Crippen molar-refractivity contribution < 1.29 is 19.8 Å². The number of rotatable bonds is 3. The van der Waals surface area contributed by atoms with Crippen LogP contribution in [0.2, 0.25) is 0 Å². The number of quaternary nitrogens is 1. The van der Waals surface area contributed by atoms with Crippen molar-refractivity contribution >= 4 is 11.9 Å². The minimum Gasteiger partial charge on any atom is -0.550 e. The molecule has 0 saturated heterocycles. The quantitative estimate of drug-likeness (QED) is 0.423. The van der Waals surface area contributed by atoms with Gasteiger partial charge in [-0.2, -0.15) is 0 Å². The van der Waals surface area contributed by atoms with E-state index in [1.807, 2.05) is 0 Å². The van der Waals surface area contributed by atoms with E-state index < -0.39 is 24.4 Å². The molecule has 0 aliphatic heterocycles. The molecule has 7 N–H and O–H groups in total. The van der Waals surface area contributed by atoms with Crippen molar-refractivity contribution in [1.29, 1.82) is 0 Å². The van der Waals surface area contributed by atoms with Gasteiger partial charge in [0.2, 0.25) is 0 Å². The van der Waals surface area contributed by atoms with Gasteiger partial charge in [-0.25, -0.2) is 0 Å². The van der Waals surface area contributed by atoms with Crippen LogP contribution in [0.15, 0.2) is 0 Å². The Morgan fingerprint density at radius 3 is 2.10 bits per heavy atom. The van der Waals surface area contributed by atoms with E-state index in [4.69, 9.17) is 10.8 Å². The maximum Gasteiger partial charge on any atom is 0.320 e. The van der Waals surface area contributed by atoms with Crippen LogP contribution in [0.3, 0.4) is 0 Å². The van der Waals surface area contributed by atoms with Gasteiger partial charge in [0.25, 0.3) is 0 Å². The fourth-order valence-corrected chi connectivity index (χ4v) is 0.267. The Morgan fingerprint density at radius 1 is 1.60 bits per heavy atom. The highest BCUT2D eigenvalue weighted by atomic mass is 16.4. The molecular formula is C4H10N2O4. The molecule has 0 aromatic carbocycles. The van der Waals surface area contributed by atoms with E-state index in [-0.39, 0.29) is 6.15 Å². The summed E-state index contributed by atoms with van der Waals surface area (Å²) in [4.78, 5) is 19.5. The minimum absolute atomic E-state index is 0. The monoisotopic (exact) mass is 150 g/mol. The highest BCUT2D eigenvalue weighted by Crippen LogP contribution is 1.83. The SMILES string of the molecule is NC(CC(=O)[O-])C(=O)O.[NH4+]. The molecule has 0 aromatic heterocycles.